The molecule has 1 N–H and O–H groups in total. The van der Waals surface area contributed by atoms with Crippen LogP contribution in [0.25, 0.3) is 11.0 Å². The van der Waals surface area contributed by atoms with E-state index < -0.39 is 0 Å². The first-order valence-electron chi connectivity index (χ1n) is 9.20. The van der Waals surface area contributed by atoms with Crippen molar-refractivity contribution < 1.29 is 9.53 Å². The number of rotatable bonds is 5. The summed E-state index contributed by atoms with van der Waals surface area (Å²) in [6.45, 7) is 10.5. The van der Waals surface area contributed by atoms with Gasteiger partial charge in [-0.25, -0.2) is 9.97 Å². The number of fused-ring (bicyclic) bond motifs is 1. The fourth-order valence-corrected chi connectivity index (χ4v) is 2.81. The molecule has 2 aromatic carbocycles. The van der Waals surface area contributed by atoms with Gasteiger partial charge in [-0.2, -0.15) is 0 Å². The Kier molecular flexibility index (Phi) is 5.40. The molecule has 0 unspecified atom stereocenters. The number of ether oxygens (including phenoxy) is 1. The lowest BCUT2D eigenvalue weighted by Gasteiger charge is -2.13. The van der Waals surface area contributed by atoms with Gasteiger partial charge in [0.05, 0.1) is 17.6 Å². The van der Waals surface area contributed by atoms with Crippen LogP contribution in [-0.2, 0) is 0 Å². The van der Waals surface area contributed by atoms with E-state index in [1.165, 1.54) is 0 Å². The lowest BCUT2D eigenvalue weighted by atomic mass is 10.1. The maximum atomic E-state index is 13.0. The molecule has 0 radical (unpaired) electrons. The van der Waals surface area contributed by atoms with Gasteiger partial charge in [-0.15, -0.1) is 0 Å². The maximum absolute atomic E-state index is 13.0. The monoisotopic (exact) mass is 363 g/mol. The smallest absolute Gasteiger partial charge is 0.279 e. The normalized spacial score (nSPS) is 10.9. The molecule has 0 fully saturated rings. The molecule has 3 rings (SSSR count). The summed E-state index contributed by atoms with van der Waals surface area (Å²) in [4.78, 5) is 22.1. The summed E-state index contributed by atoms with van der Waals surface area (Å²) in [6, 6.07) is 9.75. The summed E-state index contributed by atoms with van der Waals surface area (Å²) in [5.74, 6) is -0.0437. The van der Waals surface area contributed by atoms with E-state index in [0.717, 1.165) is 39.9 Å². The fourth-order valence-electron chi connectivity index (χ4n) is 2.81. The number of aromatic nitrogens is 2. The Hall–Kier alpha value is -2.95. The van der Waals surface area contributed by atoms with Gasteiger partial charge in [-0.1, -0.05) is 19.1 Å². The quantitative estimate of drug-likeness (QED) is 0.700. The van der Waals surface area contributed by atoms with E-state index in [2.05, 4.69) is 15.3 Å². The van der Waals surface area contributed by atoms with Crippen molar-refractivity contribution in [3.05, 3.63) is 58.3 Å². The van der Waals surface area contributed by atoms with Crippen LogP contribution in [0.3, 0.4) is 0 Å². The van der Waals surface area contributed by atoms with Crippen LogP contribution in [0.5, 0.6) is 5.88 Å². The van der Waals surface area contributed by atoms with Gasteiger partial charge in [0.15, 0.2) is 5.69 Å². The van der Waals surface area contributed by atoms with Gasteiger partial charge in [-0.05, 0) is 74.6 Å². The van der Waals surface area contributed by atoms with Crippen LogP contribution in [0.1, 0.15) is 46.1 Å². The Balaban J connectivity index is 2.05. The Labute approximate surface area is 159 Å². The second kappa shape index (κ2) is 7.74. The van der Waals surface area contributed by atoms with Gasteiger partial charge in [0, 0.05) is 5.69 Å². The molecule has 5 heteroatoms. The minimum absolute atomic E-state index is 0.208. The summed E-state index contributed by atoms with van der Waals surface area (Å²) in [6.07, 6.45) is 0.824. The van der Waals surface area contributed by atoms with Crippen LogP contribution in [0.15, 0.2) is 30.3 Å². The molecule has 0 spiro atoms. The fraction of sp³-hybridized carbons (Fsp3) is 0.318. The predicted octanol–water partition coefficient (Wildman–Crippen LogP) is 4.90. The summed E-state index contributed by atoms with van der Waals surface area (Å²) in [7, 11) is 0. The van der Waals surface area contributed by atoms with Crippen LogP contribution in [-0.4, -0.2) is 22.5 Å². The summed E-state index contributed by atoms with van der Waals surface area (Å²) < 4.78 is 5.74. The molecule has 0 aliphatic heterocycles. The number of anilines is 1. The van der Waals surface area contributed by atoms with Gasteiger partial charge in [0.1, 0.15) is 0 Å². The number of amides is 1. The number of benzene rings is 2. The van der Waals surface area contributed by atoms with Crippen molar-refractivity contribution in [2.45, 2.75) is 41.0 Å². The van der Waals surface area contributed by atoms with Crippen LogP contribution in [0.2, 0.25) is 0 Å². The second-order valence-electron chi connectivity index (χ2n) is 6.85. The van der Waals surface area contributed by atoms with Crippen molar-refractivity contribution in [2.24, 2.45) is 0 Å². The SMILES string of the molecule is CCCOc1nc2cc(C)c(C)cc2nc1C(=O)Nc1cccc(C)c1C. The molecular weight excluding hydrogens is 338 g/mol. The molecule has 140 valence electrons. The molecule has 0 saturated heterocycles. The first-order valence-corrected chi connectivity index (χ1v) is 9.20. The van der Waals surface area contributed by atoms with E-state index in [4.69, 9.17) is 4.74 Å². The number of nitrogens with zero attached hydrogens (tertiary/aromatic N) is 2. The van der Waals surface area contributed by atoms with E-state index in [9.17, 15) is 4.79 Å². The third-order valence-electron chi connectivity index (χ3n) is 4.76. The average molecular weight is 363 g/mol. The van der Waals surface area contributed by atoms with Gasteiger partial charge in [0.2, 0.25) is 5.88 Å². The van der Waals surface area contributed by atoms with Crippen molar-refractivity contribution in [2.75, 3.05) is 11.9 Å². The molecule has 5 nitrogen and oxygen atoms in total. The zero-order chi connectivity index (χ0) is 19.6. The first kappa shape index (κ1) is 18.8. The second-order valence-corrected chi connectivity index (χ2v) is 6.85. The Bertz CT molecular complexity index is 1010. The number of carbonyl (C=O) groups excluding carboxylic acids is 1. The van der Waals surface area contributed by atoms with E-state index in [0.29, 0.717) is 12.1 Å². The van der Waals surface area contributed by atoms with Crippen LogP contribution in [0, 0.1) is 27.7 Å². The van der Waals surface area contributed by atoms with Crippen molar-refractivity contribution in [3.8, 4) is 5.88 Å². The highest BCUT2D eigenvalue weighted by Gasteiger charge is 2.19. The van der Waals surface area contributed by atoms with E-state index in [1.807, 2.05) is 65.0 Å². The summed E-state index contributed by atoms with van der Waals surface area (Å²) >= 11 is 0. The molecule has 0 saturated carbocycles. The highest BCUT2D eigenvalue weighted by Crippen LogP contribution is 2.24. The van der Waals surface area contributed by atoms with Gasteiger partial charge >= 0.3 is 0 Å². The standard InChI is InChI=1S/C22H25N3O2/c1-6-10-27-22-20(21(26)24-17-9-7-8-13(2)16(17)5)23-18-11-14(3)15(4)12-19(18)25-22/h7-9,11-12H,6,10H2,1-5H3,(H,24,26). The van der Waals surface area contributed by atoms with Crippen LogP contribution < -0.4 is 10.1 Å². The van der Waals surface area contributed by atoms with Crippen LogP contribution >= 0.6 is 0 Å². The lowest BCUT2D eigenvalue weighted by molar-refractivity contribution is 0.101. The van der Waals surface area contributed by atoms with Crippen molar-refractivity contribution in [1.29, 1.82) is 0 Å². The molecular formula is C22H25N3O2. The number of hydrogen-bond donors (Lipinski definition) is 1. The predicted molar refractivity (Wildman–Crippen MR) is 109 cm³/mol. The highest BCUT2D eigenvalue weighted by atomic mass is 16.5. The molecule has 0 aliphatic rings. The molecule has 27 heavy (non-hydrogen) atoms. The van der Waals surface area contributed by atoms with Gasteiger partial charge in [0.25, 0.3) is 5.91 Å². The number of nitrogens with one attached hydrogen (secondary N) is 1. The third kappa shape index (κ3) is 3.92. The third-order valence-corrected chi connectivity index (χ3v) is 4.76. The zero-order valence-electron chi connectivity index (χ0n) is 16.5. The summed E-state index contributed by atoms with van der Waals surface area (Å²) in [5, 5.41) is 2.95. The molecule has 3 aromatic rings. The van der Waals surface area contributed by atoms with Gasteiger partial charge in [-0.3, -0.25) is 4.79 Å². The molecule has 0 bridgehead atoms. The number of hydrogen-bond acceptors (Lipinski definition) is 4. The topological polar surface area (TPSA) is 64.1 Å². The largest absolute Gasteiger partial charge is 0.476 e. The Morgan fingerprint density at radius 3 is 2.33 bits per heavy atom. The first-order chi connectivity index (χ1) is 12.9. The minimum atomic E-state index is -0.317. The number of carbonyl (C=O) groups is 1. The molecule has 1 amide bonds. The van der Waals surface area contributed by atoms with Crippen molar-refractivity contribution in [1.82, 2.24) is 9.97 Å². The van der Waals surface area contributed by atoms with Gasteiger partial charge < -0.3 is 10.1 Å². The molecule has 1 heterocycles. The Morgan fingerprint density at radius 1 is 1.00 bits per heavy atom. The molecule has 0 atom stereocenters. The van der Waals surface area contributed by atoms with E-state index >= 15 is 0 Å². The van der Waals surface area contributed by atoms with Crippen LogP contribution in [0.4, 0.5) is 5.69 Å². The number of aryl methyl sites for hydroxylation is 3. The zero-order valence-corrected chi connectivity index (χ0v) is 16.5. The highest BCUT2D eigenvalue weighted by molar-refractivity contribution is 6.05. The maximum Gasteiger partial charge on any atom is 0.279 e. The van der Waals surface area contributed by atoms with E-state index in [1.54, 1.807) is 0 Å². The molecule has 0 aliphatic carbocycles. The lowest BCUT2D eigenvalue weighted by Crippen LogP contribution is -2.17. The molecule has 1 aromatic heterocycles. The summed E-state index contributed by atoms with van der Waals surface area (Å²) in [5.41, 5.74) is 6.78. The van der Waals surface area contributed by atoms with Crippen molar-refractivity contribution >= 4 is 22.6 Å². The minimum Gasteiger partial charge on any atom is -0.476 e. The average Bonchev–Trinajstić information content (AvgIpc) is 2.64. The van der Waals surface area contributed by atoms with Crippen molar-refractivity contribution in [3.63, 3.8) is 0 Å². The Morgan fingerprint density at radius 2 is 1.67 bits per heavy atom. The van der Waals surface area contributed by atoms with E-state index in [-0.39, 0.29) is 17.5 Å².